The molecule has 2 aromatic rings. The first kappa shape index (κ1) is 23.6. The van der Waals surface area contributed by atoms with Gasteiger partial charge in [0.05, 0.1) is 17.8 Å². The molecule has 32 heavy (non-hydrogen) atoms. The number of amides is 2. The van der Waals surface area contributed by atoms with Gasteiger partial charge in [-0.1, -0.05) is 30.3 Å². The van der Waals surface area contributed by atoms with Crippen LogP contribution in [-0.4, -0.2) is 40.4 Å². The number of nitrogens with zero attached hydrogens (tertiary/aromatic N) is 1. The molecule has 3 rings (SSSR count). The minimum Gasteiger partial charge on any atom is -0.444 e. The molecule has 4 N–H and O–H groups in total. The van der Waals surface area contributed by atoms with E-state index >= 15 is 0 Å². The Morgan fingerprint density at radius 3 is 2.62 bits per heavy atom. The Balaban J connectivity index is 2.00. The molecule has 0 aliphatic carbocycles. The summed E-state index contributed by atoms with van der Waals surface area (Å²) in [7, 11) is 0. The predicted octanol–water partition coefficient (Wildman–Crippen LogP) is 3.66. The molecule has 170 valence electrons. The lowest BCUT2D eigenvalue weighted by Crippen LogP contribution is -2.50. The molecule has 0 spiro atoms. The van der Waals surface area contributed by atoms with E-state index in [0.29, 0.717) is 10.6 Å². The molecule has 0 saturated carbocycles. The van der Waals surface area contributed by atoms with Gasteiger partial charge in [0.2, 0.25) is 0 Å². The van der Waals surface area contributed by atoms with E-state index in [9.17, 15) is 14.0 Å². The van der Waals surface area contributed by atoms with Crippen LogP contribution in [0.15, 0.2) is 47.4 Å². The molecule has 1 aliphatic heterocycles. The second-order valence-corrected chi connectivity index (χ2v) is 9.27. The fraction of sp³-hybridized carbons (Fsp3) is 0.318. The number of fused-ring (bicyclic) bond motifs is 1. The van der Waals surface area contributed by atoms with Crippen molar-refractivity contribution >= 4 is 35.3 Å². The van der Waals surface area contributed by atoms with Crippen LogP contribution in [0.2, 0.25) is 0 Å². The monoisotopic (exact) mass is 460 g/mol. The Morgan fingerprint density at radius 1 is 1.31 bits per heavy atom. The summed E-state index contributed by atoms with van der Waals surface area (Å²) in [6, 6.07) is 10.9. The number of benzene rings is 2. The van der Waals surface area contributed by atoms with Gasteiger partial charge in [-0.05, 0) is 38.5 Å². The number of hydrogen-bond donors (Lipinski definition) is 4. The molecular weight excluding hydrogens is 435 g/mol. The molecule has 0 bridgehead atoms. The van der Waals surface area contributed by atoms with E-state index in [2.05, 4.69) is 5.32 Å². The first-order valence-corrected chi connectivity index (χ1v) is 10.9. The van der Waals surface area contributed by atoms with Crippen LogP contribution in [0.3, 0.4) is 0 Å². The van der Waals surface area contributed by atoms with Crippen molar-refractivity contribution in [2.24, 2.45) is 0 Å². The maximum Gasteiger partial charge on any atom is 0.408 e. The fourth-order valence-electron chi connectivity index (χ4n) is 3.16. The quantitative estimate of drug-likeness (QED) is 0.315. The minimum absolute atomic E-state index is 0.171. The molecule has 8 nitrogen and oxygen atoms in total. The maximum absolute atomic E-state index is 14.6. The van der Waals surface area contributed by atoms with Crippen molar-refractivity contribution in [2.75, 3.05) is 10.7 Å². The maximum atomic E-state index is 14.6. The van der Waals surface area contributed by atoms with Crippen LogP contribution in [0.5, 0.6) is 0 Å². The van der Waals surface area contributed by atoms with Crippen molar-refractivity contribution in [3.63, 3.8) is 0 Å². The van der Waals surface area contributed by atoms with Crippen LogP contribution >= 0.6 is 11.8 Å². The summed E-state index contributed by atoms with van der Waals surface area (Å²) in [6.45, 7) is 5.34. The van der Waals surface area contributed by atoms with E-state index in [4.69, 9.17) is 15.4 Å². The molecule has 2 aromatic carbocycles. The molecule has 1 aliphatic rings. The van der Waals surface area contributed by atoms with Crippen LogP contribution < -0.4 is 15.7 Å². The van der Waals surface area contributed by atoms with E-state index in [0.717, 1.165) is 5.56 Å². The van der Waals surface area contributed by atoms with Crippen LogP contribution in [0.25, 0.3) is 0 Å². The second kappa shape index (κ2) is 9.58. The zero-order chi connectivity index (χ0) is 23.5. The van der Waals surface area contributed by atoms with Gasteiger partial charge in [-0.3, -0.25) is 20.9 Å². The average Bonchev–Trinajstić information content (AvgIpc) is 2.84. The van der Waals surface area contributed by atoms with Crippen molar-refractivity contribution in [3.05, 3.63) is 59.4 Å². The highest BCUT2D eigenvalue weighted by molar-refractivity contribution is 7.99. The van der Waals surface area contributed by atoms with Crippen LogP contribution in [0.1, 0.15) is 31.9 Å². The molecule has 0 fully saturated rings. The standard InChI is InChI=1S/C22H25FN4O4S/c1-22(2,3)31-21(29)25-16-12-32-18-10-15(23)14(19(24)26-30)9-17(18)27(20(16)28)11-13-7-5-4-6-8-13/h4-10,16,30H,11-12H2,1-3H3,(H2,24,26)(H,25,29)/t16-/m0/s1. The lowest BCUT2D eigenvalue weighted by Gasteiger charge is -2.27. The summed E-state index contributed by atoms with van der Waals surface area (Å²) in [5.74, 6) is -1.47. The Labute approximate surface area is 189 Å². The summed E-state index contributed by atoms with van der Waals surface area (Å²) in [4.78, 5) is 27.7. The number of hydroxylamine groups is 1. The zero-order valence-electron chi connectivity index (χ0n) is 17.9. The van der Waals surface area contributed by atoms with Gasteiger partial charge in [0.25, 0.3) is 5.91 Å². The van der Waals surface area contributed by atoms with Gasteiger partial charge in [0.15, 0.2) is 5.84 Å². The van der Waals surface area contributed by atoms with Crippen molar-refractivity contribution in [1.82, 2.24) is 10.8 Å². The highest BCUT2D eigenvalue weighted by Crippen LogP contribution is 2.37. The van der Waals surface area contributed by atoms with Gasteiger partial charge >= 0.3 is 6.09 Å². The third-order valence-electron chi connectivity index (χ3n) is 4.56. The Bertz CT molecular complexity index is 1030. The SMILES string of the molecule is CC(C)(C)OC(=O)N[C@H]1CSc2cc(F)c(C(=N)NO)cc2N(Cc2ccccc2)C1=O. The Hall–Kier alpha value is -3.11. The molecule has 0 saturated heterocycles. The fourth-order valence-corrected chi connectivity index (χ4v) is 4.23. The lowest BCUT2D eigenvalue weighted by molar-refractivity contribution is -0.120. The van der Waals surface area contributed by atoms with E-state index in [1.165, 1.54) is 28.8 Å². The molecule has 1 heterocycles. The number of carbonyl (C=O) groups is 2. The number of rotatable bonds is 4. The smallest absolute Gasteiger partial charge is 0.408 e. The summed E-state index contributed by atoms with van der Waals surface area (Å²) in [5, 5.41) is 19.4. The number of halogens is 1. The molecule has 2 amide bonds. The number of nitrogens with one attached hydrogen (secondary N) is 3. The highest BCUT2D eigenvalue weighted by Gasteiger charge is 2.34. The van der Waals surface area contributed by atoms with E-state index in [1.54, 1.807) is 26.3 Å². The third kappa shape index (κ3) is 5.57. The minimum atomic E-state index is -0.909. The van der Waals surface area contributed by atoms with Gasteiger partial charge in [-0.2, -0.15) is 0 Å². The van der Waals surface area contributed by atoms with Crippen molar-refractivity contribution in [1.29, 1.82) is 5.41 Å². The molecular formula is C22H25FN4O4S. The van der Waals surface area contributed by atoms with Gasteiger partial charge in [-0.15, -0.1) is 11.8 Å². The number of hydrogen-bond acceptors (Lipinski definition) is 6. The summed E-state index contributed by atoms with van der Waals surface area (Å²) < 4.78 is 19.9. The van der Waals surface area contributed by atoms with Crippen LogP contribution in [0, 0.1) is 11.2 Å². The molecule has 10 heteroatoms. The molecule has 1 atom stereocenters. The van der Waals surface area contributed by atoms with Gasteiger partial charge in [-0.25, -0.2) is 9.18 Å². The summed E-state index contributed by atoms with van der Waals surface area (Å²) >= 11 is 1.21. The predicted molar refractivity (Wildman–Crippen MR) is 120 cm³/mol. The highest BCUT2D eigenvalue weighted by atomic mass is 32.2. The lowest BCUT2D eigenvalue weighted by atomic mass is 10.1. The molecule has 0 aromatic heterocycles. The largest absolute Gasteiger partial charge is 0.444 e. The van der Waals surface area contributed by atoms with E-state index in [-0.39, 0.29) is 17.9 Å². The first-order chi connectivity index (χ1) is 15.1. The van der Waals surface area contributed by atoms with Crippen molar-refractivity contribution in [3.8, 4) is 0 Å². The average molecular weight is 461 g/mol. The van der Waals surface area contributed by atoms with Gasteiger partial charge in [0, 0.05) is 10.6 Å². The van der Waals surface area contributed by atoms with Crippen molar-refractivity contribution < 1.29 is 23.9 Å². The number of anilines is 1. The summed E-state index contributed by atoms with van der Waals surface area (Å²) in [6.07, 6.45) is -0.722. The number of amidine groups is 1. The topological polar surface area (TPSA) is 115 Å². The van der Waals surface area contributed by atoms with Gasteiger partial charge in [0.1, 0.15) is 17.5 Å². The number of alkyl carbamates (subject to hydrolysis) is 1. The molecule has 0 radical (unpaired) electrons. The second-order valence-electron chi connectivity index (χ2n) is 8.21. The van der Waals surface area contributed by atoms with Crippen molar-refractivity contribution in [2.45, 2.75) is 43.9 Å². The van der Waals surface area contributed by atoms with E-state index in [1.807, 2.05) is 30.3 Å². The van der Waals surface area contributed by atoms with Crippen LogP contribution in [-0.2, 0) is 16.1 Å². The zero-order valence-corrected chi connectivity index (χ0v) is 18.8. The Kier molecular flexibility index (Phi) is 7.05. The number of carbonyl (C=O) groups excluding carboxylic acids is 2. The van der Waals surface area contributed by atoms with Gasteiger partial charge < -0.3 is 15.0 Å². The van der Waals surface area contributed by atoms with Crippen LogP contribution in [0.4, 0.5) is 14.9 Å². The van der Waals surface area contributed by atoms with E-state index < -0.39 is 35.3 Å². The first-order valence-electron chi connectivity index (χ1n) is 9.89. The molecule has 0 unspecified atom stereocenters. The Morgan fingerprint density at radius 2 is 2.00 bits per heavy atom. The summed E-state index contributed by atoms with van der Waals surface area (Å²) in [5.41, 5.74) is 1.94. The number of thioether (sulfide) groups is 1. The number of ether oxygens (including phenoxy) is 1. The third-order valence-corrected chi connectivity index (χ3v) is 5.70. The normalized spacial score (nSPS) is 16.1.